The van der Waals surface area contributed by atoms with E-state index >= 15 is 0 Å². The fraction of sp³-hybridized carbons (Fsp3) is 1.00. The summed E-state index contributed by atoms with van der Waals surface area (Å²) < 4.78 is 72.6. The molecule has 0 bridgehead atoms. The molecule has 1 heterocycles. The summed E-state index contributed by atoms with van der Waals surface area (Å²) >= 11 is 0. The molecule has 0 aromatic carbocycles. The Hall–Kier alpha value is 0.330. The monoisotopic (exact) mass is 357 g/mol. The second kappa shape index (κ2) is 7.55. The average molecular weight is 357 g/mol. The van der Waals surface area contributed by atoms with Gasteiger partial charge in [-0.3, -0.25) is 0 Å². The van der Waals surface area contributed by atoms with Crippen molar-refractivity contribution in [3.63, 3.8) is 0 Å². The van der Waals surface area contributed by atoms with Crippen molar-refractivity contribution in [2.75, 3.05) is 13.2 Å². The van der Waals surface area contributed by atoms with E-state index in [1.807, 2.05) is 13.8 Å². The zero-order valence-electron chi connectivity index (χ0n) is 11.3. The first-order chi connectivity index (χ1) is 9.24. The van der Waals surface area contributed by atoms with Crippen LogP contribution in [0.15, 0.2) is 13.5 Å². The molecule has 0 radical (unpaired) electrons. The average Bonchev–Trinajstić information content (AvgIpc) is 2.25. The number of hydrogen-bond donors (Lipinski definition) is 0. The second-order valence-corrected chi connectivity index (χ2v) is 9.51. The predicted molar refractivity (Wildman–Crippen MR) is 74.2 cm³/mol. The van der Waals surface area contributed by atoms with Crippen molar-refractivity contribution in [3.05, 3.63) is 0 Å². The molecule has 0 aliphatic carbocycles. The highest BCUT2D eigenvalue weighted by molar-refractivity contribution is 7.77. The number of nitrogens with zero attached hydrogens (tertiary/aromatic N) is 3. The molecule has 20 heavy (non-hydrogen) atoms. The van der Waals surface area contributed by atoms with E-state index in [0.29, 0.717) is 25.7 Å². The Morgan fingerprint density at radius 2 is 1.20 bits per heavy atom. The van der Waals surface area contributed by atoms with Gasteiger partial charge in [-0.15, -0.1) is 21.9 Å². The summed E-state index contributed by atoms with van der Waals surface area (Å²) in [4.78, 5) is 0. The van der Waals surface area contributed by atoms with E-state index in [1.54, 1.807) is 0 Å². The van der Waals surface area contributed by atoms with Gasteiger partial charge >= 0.3 is 23.3 Å². The fourth-order valence-corrected chi connectivity index (χ4v) is 7.37. The Bertz CT molecular complexity index is 478. The first-order valence-electron chi connectivity index (χ1n) is 6.23. The van der Waals surface area contributed by atoms with E-state index in [9.17, 15) is 16.8 Å². The van der Waals surface area contributed by atoms with Crippen molar-refractivity contribution in [2.24, 2.45) is 13.5 Å². The molecule has 0 amide bonds. The minimum atomic E-state index is -5.42. The lowest BCUT2D eigenvalue weighted by Crippen LogP contribution is -1.92. The summed E-state index contributed by atoms with van der Waals surface area (Å²) in [5, 5.41) is 0. The van der Waals surface area contributed by atoms with E-state index in [4.69, 9.17) is 0 Å². The lowest BCUT2D eigenvalue weighted by atomic mass is 10.4. The van der Waals surface area contributed by atoms with Gasteiger partial charge in [0.15, 0.2) is 0 Å². The van der Waals surface area contributed by atoms with Crippen molar-refractivity contribution in [3.8, 4) is 0 Å². The molecule has 0 N–H and O–H groups in total. The minimum absolute atomic E-state index is 0.136. The smallest absolute Gasteiger partial charge is 0.303 e. The van der Waals surface area contributed by atoms with Gasteiger partial charge in [0.1, 0.15) is 0 Å². The first-order valence-corrected chi connectivity index (χ1v) is 10.7. The molecule has 0 aromatic rings. The van der Waals surface area contributed by atoms with Gasteiger partial charge in [0.25, 0.3) is 0 Å². The minimum Gasteiger partial charge on any atom is -0.303 e. The van der Waals surface area contributed by atoms with E-state index in [0.717, 1.165) is 0 Å². The number of halogens is 4. The zero-order valence-corrected chi connectivity index (χ0v) is 13.9. The van der Waals surface area contributed by atoms with E-state index < -0.39 is 23.3 Å². The summed E-state index contributed by atoms with van der Waals surface area (Å²) in [6.45, 7) is 3.36. The summed E-state index contributed by atoms with van der Waals surface area (Å²) in [7, 11) is -14.8. The highest BCUT2D eigenvalue weighted by Gasteiger charge is 2.40. The maximum Gasteiger partial charge on any atom is 0.425 e. The molecule has 1 aliphatic heterocycles. The van der Waals surface area contributed by atoms with Crippen LogP contribution in [0, 0.1) is 0 Å². The maximum atomic E-state index is 14.1. The van der Waals surface area contributed by atoms with Crippen molar-refractivity contribution in [2.45, 2.75) is 39.5 Å². The third kappa shape index (κ3) is 5.98. The van der Waals surface area contributed by atoms with Crippen molar-refractivity contribution >= 4 is 23.3 Å². The van der Waals surface area contributed by atoms with Gasteiger partial charge in [-0.1, -0.05) is 26.7 Å². The molecular formula is C8H18F4N3O2P3. The standard InChI is InChI=1S/C8H18F4N3O2P3/c1-3-5-7-16-19(11)13-18(9,10)14-20(12,15-19)17-8-6-4-2/h3-8H2,1-2H3. The van der Waals surface area contributed by atoms with Crippen molar-refractivity contribution < 1.29 is 25.8 Å². The van der Waals surface area contributed by atoms with Crippen LogP contribution in [0.4, 0.5) is 16.8 Å². The Kier molecular flexibility index (Phi) is 6.94. The third-order valence-corrected chi connectivity index (χ3v) is 8.44. The number of rotatable bonds is 8. The third-order valence-electron chi connectivity index (χ3n) is 2.16. The molecule has 120 valence electrons. The van der Waals surface area contributed by atoms with Crippen LogP contribution in [0.1, 0.15) is 39.5 Å². The normalized spacial score (nSPS) is 32.1. The quantitative estimate of drug-likeness (QED) is 0.259. The highest BCUT2D eigenvalue weighted by atomic mass is 31.3. The van der Waals surface area contributed by atoms with Crippen molar-refractivity contribution in [1.82, 2.24) is 0 Å². The van der Waals surface area contributed by atoms with E-state index in [-0.39, 0.29) is 13.2 Å². The van der Waals surface area contributed by atoms with E-state index in [2.05, 4.69) is 22.6 Å². The predicted octanol–water partition coefficient (Wildman–Crippen LogP) is 7.35. The van der Waals surface area contributed by atoms with Crippen LogP contribution in [0.3, 0.4) is 0 Å². The van der Waals surface area contributed by atoms with Gasteiger partial charge in [0.05, 0.1) is 13.2 Å². The van der Waals surface area contributed by atoms with Gasteiger partial charge in [-0.25, -0.2) is 0 Å². The van der Waals surface area contributed by atoms with Crippen LogP contribution < -0.4 is 0 Å². The van der Waals surface area contributed by atoms with Crippen LogP contribution >= 0.6 is 23.3 Å². The molecule has 1 rings (SSSR count). The zero-order chi connectivity index (χ0) is 15.3. The molecule has 1 aliphatic rings. The van der Waals surface area contributed by atoms with Crippen LogP contribution in [0.25, 0.3) is 0 Å². The maximum absolute atomic E-state index is 14.1. The molecule has 2 unspecified atom stereocenters. The van der Waals surface area contributed by atoms with Gasteiger partial charge < -0.3 is 9.05 Å². The fourth-order valence-electron chi connectivity index (χ4n) is 1.21. The van der Waals surface area contributed by atoms with Crippen LogP contribution in [0.5, 0.6) is 0 Å². The van der Waals surface area contributed by atoms with Crippen molar-refractivity contribution in [1.29, 1.82) is 0 Å². The lowest BCUT2D eigenvalue weighted by molar-refractivity contribution is 0.307. The summed E-state index contributed by atoms with van der Waals surface area (Å²) in [5.74, 6) is 0. The molecule has 0 spiro atoms. The van der Waals surface area contributed by atoms with Crippen LogP contribution in [0.2, 0.25) is 0 Å². The molecular weight excluding hydrogens is 339 g/mol. The topological polar surface area (TPSA) is 55.5 Å². The highest BCUT2D eigenvalue weighted by Crippen LogP contribution is 2.81. The molecule has 0 saturated carbocycles. The number of hydrogen-bond acceptors (Lipinski definition) is 5. The lowest BCUT2D eigenvalue weighted by Gasteiger charge is -2.20. The molecule has 0 fully saturated rings. The SMILES string of the molecule is CCCCOP1(F)=NP(F)(F)=NP(F)(OCCCC)=N1. The molecule has 0 aromatic heterocycles. The number of unbranched alkanes of at least 4 members (excludes halogenated alkanes) is 2. The second-order valence-electron chi connectivity index (χ2n) is 4.04. The Labute approximate surface area is 116 Å². The van der Waals surface area contributed by atoms with Crippen LogP contribution in [-0.4, -0.2) is 13.2 Å². The van der Waals surface area contributed by atoms with Gasteiger partial charge in [-0.05, 0) is 12.8 Å². The van der Waals surface area contributed by atoms with E-state index in [1.165, 1.54) is 0 Å². The molecule has 12 heteroatoms. The first kappa shape index (κ1) is 18.4. The Morgan fingerprint density at radius 3 is 1.65 bits per heavy atom. The van der Waals surface area contributed by atoms with Crippen LogP contribution in [-0.2, 0) is 9.05 Å². The van der Waals surface area contributed by atoms with Gasteiger partial charge in [0.2, 0.25) is 0 Å². The summed E-state index contributed by atoms with van der Waals surface area (Å²) in [6.07, 6.45) is 2.26. The summed E-state index contributed by atoms with van der Waals surface area (Å²) in [5.41, 5.74) is 0. The summed E-state index contributed by atoms with van der Waals surface area (Å²) in [6, 6.07) is 0. The molecule has 0 saturated heterocycles. The van der Waals surface area contributed by atoms with Gasteiger partial charge in [-0.2, -0.15) is 8.39 Å². The Morgan fingerprint density at radius 1 is 0.750 bits per heavy atom. The Balaban J connectivity index is 2.98. The molecule has 5 nitrogen and oxygen atoms in total. The van der Waals surface area contributed by atoms with Gasteiger partial charge in [0, 0.05) is 0 Å². The molecule has 2 atom stereocenters. The largest absolute Gasteiger partial charge is 0.425 e.